The summed E-state index contributed by atoms with van der Waals surface area (Å²) in [5, 5.41) is 10.9. The smallest absolute Gasteiger partial charge is 0.295 e. The molecule has 1 amide bonds. The summed E-state index contributed by atoms with van der Waals surface area (Å²) in [6, 6.07) is 9.62. The fraction of sp³-hybridized carbons (Fsp3) is 0.286. The number of methoxy groups -OCH3 is 2. The molecule has 2 aromatic rings. The summed E-state index contributed by atoms with van der Waals surface area (Å²) in [5.41, 5.74) is 1.17. The second kappa shape index (κ2) is 8.67. The Morgan fingerprint density at radius 3 is 2.61 bits per heavy atom. The highest BCUT2D eigenvalue weighted by Gasteiger charge is 2.45. The van der Waals surface area contributed by atoms with Crippen molar-refractivity contribution in [1.29, 1.82) is 0 Å². The van der Waals surface area contributed by atoms with Gasteiger partial charge in [-0.1, -0.05) is 12.1 Å². The summed E-state index contributed by atoms with van der Waals surface area (Å²) >= 11 is 0. The van der Waals surface area contributed by atoms with E-state index in [9.17, 15) is 14.7 Å². The number of carbonyl (C=O) groups is 2. The lowest BCUT2D eigenvalue weighted by Crippen LogP contribution is -2.31. The van der Waals surface area contributed by atoms with Gasteiger partial charge in [0.05, 0.1) is 18.7 Å². The van der Waals surface area contributed by atoms with Gasteiger partial charge in [0, 0.05) is 38.2 Å². The molecule has 1 aromatic carbocycles. The molecular weight excluding hydrogens is 360 g/mol. The topological polar surface area (TPSA) is 89.0 Å². The van der Waals surface area contributed by atoms with Crippen molar-refractivity contribution in [3.05, 3.63) is 65.5 Å². The van der Waals surface area contributed by atoms with Crippen molar-refractivity contribution >= 4 is 17.4 Å². The maximum Gasteiger partial charge on any atom is 0.295 e. The van der Waals surface area contributed by atoms with Gasteiger partial charge in [0.25, 0.3) is 11.7 Å². The van der Waals surface area contributed by atoms with Crippen molar-refractivity contribution in [3.63, 3.8) is 0 Å². The Morgan fingerprint density at radius 2 is 1.93 bits per heavy atom. The summed E-state index contributed by atoms with van der Waals surface area (Å²) in [6.07, 6.45) is 3.60. The van der Waals surface area contributed by atoms with Crippen LogP contribution in [0.15, 0.2) is 54.4 Å². The molecule has 0 radical (unpaired) electrons. The van der Waals surface area contributed by atoms with Crippen molar-refractivity contribution in [2.24, 2.45) is 0 Å². The van der Waals surface area contributed by atoms with E-state index in [1.165, 1.54) is 17.3 Å². The number of benzene rings is 1. The van der Waals surface area contributed by atoms with Gasteiger partial charge in [-0.3, -0.25) is 14.6 Å². The Morgan fingerprint density at radius 1 is 1.18 bits per heavy atom. The fourth-order valence-corrected chi connectivity index (χ4v) is 3.31. The molecule has 1 saturated heterocycles. The number of ether oxygens (including phenoxy) is 2. The summed E-state index contributed by atoms with van der Waals surface area (Å²) < 4.78 is 10.4. The predicted octanol–water partition coefficient (Wildman–Crippen LogP) is 2.55. The molecule has 1 aliphatic rings. The number of pyridine rings is 1. The van der Waals surface area contributed by atoms with Crippen molar-refractivity contribution in [2.75, 3.05) is 27.4 Å². The largest absolute Gasteiger partial charge is 0.507 e. The Balaban J connectivity index is 2.12. The van der Waals surface area contributed by atoms with Crippen LogP contribution in [0.4, 0.5) is 0 Å². The number of carbonyl (C=O) groups excluding carboxylic acids is 2. The molecule has 1 fully saturated rings. The molecule has 1 N–H and O–H groups in total. The molecule has 146 valence electrons. The SMILES string of the molecule is COCCCN1C(=O)C(=O)/C(=C(\O)c2ccncc2)C1c1cccc(OC)c1. The molecular formula is C21H22N2O5. The lowest BCUT2D eigenvalue weighted by atomic mass is 9.95. The minimum atomic E-state index is -0.709. The summed E-state index contributed by atoms with van der Waals surface area (Å²) in [4.78, 5) is 30.9. The molecule has 2 heterocycles. The molecule has 0 aliphatic carbocycles. The van der Waals surface area contributed by atoms with E-state index in [2.05, 4.69) is 4.98 Å². The quantitative estimate of drug-likeness (QED) is 0.343. The number of aliphatic hydroxyl groups is 1. The molecule has 1 aliphatic heterocycles. The molecule has 28 heavy (non-hydrogen) atoms. The maximum atomic E-state index is 12.8. The number of Topliss-reactive ketones (excluding diaryl/α,β-unsaturated/α-hetero) is 1. The lowest BCUT2D eigenvalue weighted by molar-refractivity contribution is -0.140. The predicted molar refractivity (Wildman–Crippen MR) is 103 cm³/mol. The van der Waals surface area contributed by atoms with Crippen LogP contribution in [0.5, 0.6) is 5.75 Å². The van der Waals surface area contributed by atoms with Gasteiger partial charge >= 0.3 is 0 Å². The highest BCUT2D eigenvalue weighted by Crippen LogP contribution is 2.40. The van der Waals surface area contributed by atoms with E-state index < -0.39 is 17.7 Å². The van der Waals surface area contributed by atoms with Gasteiger partial charge in [-0.15, -0.1) is 0 Å². The van der Waals surface area contributed by atoms with Gasteiger partial charge in [0.15, 0.2) is 0 Å². The molecule has 7 heteroatoms. The number of ketones is 1. The average molecular weight is 382 g/mol. The molecule has 7 nitrogen and oxygen atoms in total. The van der Waals surface area contributed by atoms with Crippen LogP contribution in [0.1, 0.15) is 23.6 Å². The summed E-state index contributed by atoms with van der Waals surface area (Å²) in [7, 11) is 3.13. The second-order valence-corrected chi connectivity index (χ2v) is 6.35. The first-order valence-corrected chi connectivity index (χ1v) is 8.90. The third-order valence-electron chi connectivity index (χ3n) is 4.65. The zero-order valence-corrected chi connectivity index (χ0v) is 15.8. The van der Waals surface area contributed by atoms with Crippen LogP contribution < -0.4 is 4.74 Å². The molecule has 0 saturated carbocycles. The van der Waals surface area contributed by atoms with Gasteiger partial charge < -0.3 is 19.5 Å². The molecule has 1 unspecified atom stereocenters. The molecule has 0 spiro atoms. The number of aliphatic hydroxyl groups excluding tert-OH is 1. The van der Waals surface area contributed by atoms with Crippen LogP contribution >= 0.6 is 0 Å². The van der Waals surface area contributed by atoms with E-state index in [1.54, 1.807) is 44.6 Å². The average Bonchev–Trinajstić information content (AvgIpc) is 2.99. The highest BCUT2D eigenvalue weighted by atomic mass is 16.5. The van der Waals surface area contributed by atoms with Crippen LogP contribution in [0.3, 0.4) is 0 Å². The first-order valence-electron chi connectivity index (χ1n) is 8.90. The zero-order chi connectivity index (χ0) is 20.1. The van der Waals surface area contributed by atoms with Gasteiger partial charge in [0.2, 0.25) is 0 Å². The number of nitrogens with zero attached hydrogens (tertiary/aromatic N) is 2. The minimum Gasteiger partial charge on any atom is -0.507 e. The first kappa shape index (κ1) is 19.6. The third kappa shape index (κ3) is 3.75. The van der Waals surface area contributed by atoms with Gasteiger partial charge in [-0.05, 0) is 36.2 Å². The van der Waals surface area contributed by atoms with E-state index in [-0.39, 0.29) is 11.3 Å². The standard InChI is InChI=1S/C21H22N2O5/c1-27-12-4-11-23-18(15-5-3-6-16(13-15)28-2)17(20(25)21(23)26)19(24)14-7-9-22-10-8-14/h3,5-10,13,18,24H,4,11-12H2,1-2H3/b19-17-. The van der Waals surface area contributed by atoms with Gasteiger partial charge in [-0.25, -0.2) is 0 Å². The van der Waals surface area contributed by atoms with Gasteiger partial charge in [-0.2, -0.15) is 0 Å². The number of amides is 1. The Bertz CT molecular complexity index is 895. The Kier molecular flexibility index (Phi) is 6.06. The van der Waals surface area contributed by atoms with Crippen molar-refractivity contribution < 1.29 is 24.2 Å². The summed E-state index contributed by atoms with van der Waals surface area (Å²) in [6.45, 7) is 0.783. The number of hydrogen-bond donors (Lipinski definition) is 1. The van der Waals surface area contributed by atoms with Crippen molar-refractivity contribution in [3.8, 4) is 5.75 Å². The fourth-order valence-electron chi connectivity index (χ4n) is 3.31. The minimum absolute atomic E-state index is 0.0573. The molecule has 1 atom stereocenters. The summed E-state index contributed by atoms with van der Waals surface area (Å²) in [5.74, 6) is -0.967. The number of aromatic nitrogens is 1. The van der Waals surface area contributed by atoms with E-state index in [0.717, 1.165) is 0 Å². The van der Waals surface area contributed by atoms with E-state index in [4.69, 9.17) is 9.47 Å². The first-order chi connectivity index (χ1) is 13.6. The molecule has 0 bridgehead atoms. The normalized spacial score (nSPS) is 18.5. The Labute approximate surface area is 163 Å². The number of hydrogen-bond acceptors (Lipinski definition) is 6. The van der Waals surface area contributed by atoms with E-state index in [1.807, 2.05) is 6.07 Å². The number of rotatable bonds is 7. The zero-order valence-electron chi connectivity index (χ0n) is 15.8. The van der Waals surface area contributed by atoms with Crippen molar-refractivity contribution in [1.82, 2.24) is 9.88 Å². The van der Waals surface area contributed by atoms with E-state index >= 15 is 0 Å². The second-order valence-electron chi connectivity index (χ2n) is 6.35. The van der Waals surface area contributed by atoms with Crippen LogP contribution in [0.25, 0.3) is 5.76 Å². The van der Waals surface area contributed by atoms with Gasteiger partial charge in [0.1, 0.15) is 11.5 Å². The molecule has 1 aromatic heterocycles. The van der Waals surface area contributed by atoms with Crippen molar-refractivity contribution in [2.45, 2.75) is 12.5 Å². The number of likely N-dealkylation sites (tertiary alicyclic amines) is 1. The van der Waals surface area contributed by atoms with Crippen LogP contribution in [0.2, 0.25) is 0 Å². The van der Waals surface area contributed by atoms with Crippen LogP contribution in [-0.2, 0) is 14.3 Å². The van der Waals surface area contributed by atoms with Crippen LogP contribution in [-0.4, -0.2) is 54.1 Å². The lowest BCUT2D eigenvalue weighted by Gasteiger charge is -2.25. The molecule has 3 rings (SSSR count). The van der Waals surface area contributed by atoms with E-state index in [0.29, 0.717) is 36.4 Å². The third-order valence-corrected chi connectivity index (χ3v) is 4.65. The Hall–Kier alpha value is -3.19. The maximum absolute atomic E-state index is 12.8. The van der Waals surface area contributed by atoms with Crippen LogP contribution in [0, 0.1) is 0 Å². The highest BCUT2D eigenvalue weighted by molar-refractivity contribution is 6.46. The monoisotopic (exact) mass is 382 g/mol.